The van der Waals surface area contributed by atoms with Gasteiger partial charge in [-0.1, -0.05) is 18.2 Å². The van der Waals surface area contributed by atoms with Gasteiger partial charge < -0.3 is 9.64 Å². The van der Waals surface area contributed by atoms with Crippen molar-refractivity contribution >= 4 is 11.9 Å². The largest absolute Gasteiger partial charge is 0.444 e. The minimum absolute atomic E-state index is 0.0723. The van der Waals surface area contributed by atoms with Crippen molar-refractivity contribution in [2.24, 2.45) is 5.92 Å². The lowest BCUT2D eigenvalue weighted by Crippen LogP contribution is -2.46. The molecule has 2 rings (SSSR count). The van der Waals surface area contributed by atoms with E-state index in [4.69, 9.17) is 4.74 Å². The van der Waals surface area contributed by atoms with Gasteiger partial charge in [-0.2, -0.15) is 0 Å². The second-order valence-electron chi connectivity index (χ2n) is 6.64. The lowest BCUT2D eigenvalue weighted by atomic mass is 9.90. The van der Waals surface area contributed by atoms with Crippen LogP contribution in [0.25, 0.3) is 0 Å². The molecule has 0 radical (unpaired) electrons. The molecule has 0 saturated carbocycles. The normalized spacial score (nSPS) is 19.2. The molecular weight excluding hydrogens is 285 g/mol. The van der Waals surface area contributed by atoms with Gasteiger partial charge in [0.2, 0.25) is 0 Å². The molecule has 120 valence electrons. The summed E-state index contributed by atoms with van der Waals surface area (Å²) in [5.74, 6) is -0.620. The van der Waals surface area contributed by atoms with Crippen LogP contribution in [0.2, 0.25) is 0 Å². The summed E-state index contributed by atoms with van der Waals surface area (Å²) in [6.45, 7) is 6.05. The van der Waals surface area contributed by atoms with E-state index >= 15 is 0 Å². The second-order valence-corrected chi connectivity index (χ2v) is 6.64. The number of piperidine rings is 1. The summed E-state index contributed by atoms with van der Waals surface area (Å²) >= 11 is 0. The molecule has 1 aliphatic heterocycles. The van der Waals surface area contributed by atoms with Gasteiger partial charge in [-0.05, 0) is 38.8 Å². The van der Waals surface area contributed by atoms with Crippen LogP contribution in [0.5, 0.6) is 0 Å². The molecule has 1 fully saturated rings. The third-order valence-electron chi connectivity index (χ3n) is 3.60. The van der Waals surface area contributed by atoms with Crippen molar-refractivity contribution in [3.63, 3.8) is 0 Å². The van der Waals surface area contributed by atoms with Crippen molar-refractivity contribution in [1.82, 2.24) is 4.90 Å². The van der Waals surface area contributed by atoms with Crippen LogP contribution in [0.4, 0.5) is 9.18 Å². The Morgan fingerprint density at radius 2 is 2.05 bits per heavy atom. The predicted octanol–water partition coefficient (Wildman–Crippen LogP) is 3.19. The first-order valence-corrected chi connectivity index (χ1v) is 7.50. The average Bonchev–Trinajstić information content (AvgIpc) is 2.41. The Bertz CT molecular complexity index is 565. The standard InChI is InChI=1S/C17H22FNO3/c1-17(2,3)22-16(21)19-9-8-15(20)13(11-19)10-12-6-4-5-7-14(12)18/h4-7,13H,8-11H2,1-3H3/t13-/m0/s1. The zero-order chi connectivity index (χ0) is 16.3. The van der Waals surface area contributed by atoms with E-state index in [9.17, 15) is 14.0 Å². The van der Waals surface area contributed by atoms with Gasteiger partial charge in [0.25, 0.3) is 0 Å². The van der Waals surface area contributed by atoms with Gasteiger partial charge in [0.15, 0.2) is 0 Å². The zero-order valence-electron chi connectivity index (χ0n) is 13.3. The van der Waals surface area contributed by atoms with E-state index < -0.39 is 11.7 Å². The van der Waals surface area contributed by atoms with Crippen LogP contribution >= 0.6 is 0 Å². The third-order valence-corrected chi connectivity index (χ3v) is 3.60. The number of halogens is 1. The number of ether oxygens (including phenoxy) is 1. The smallest absolute Gasteiger partial charge is 0.410 e. The Morgan fingerprint density at radius 1 is 1.36 bits per heavy atom. The molecule has 22 heavy (non-hydrogen) atoms. The van der Waals surface area contributed by atoms with E-state index in [0.717, 1.165) is 0 Å². The van der Waals surface area contributed by atoms with Crippen molar-refractivity contribution in [2.45, 2.75) is 39.2 Å². The van der Waals surface area contributed by atoms with Gasteiger partial charge in [0.05, 0.1) is 0 Å². The Morgan fingerprint density at radius 3 is 2.68 bits per heavy atom. The fraction of sp³-hybridized carbons (Fsp3) is 0.529. The number of ketones is 1. The molecule has 1 aromatic rings. The van der Waals surface area contributed by atoms with Gasteiger partial charge in [0.1, 0.15) is 17.2 Å². The summed E-state index contributed by atoms with van der Waals surface area (Å²) in [6, 6.07) is 6.43. The number of rotatable bonds is 2. The van der Waals surface area contributed by atoms with Gasteiger partial charge in [-0.15, -0.1) is 0 Å². The van der Waals surface area contributed by atoms with Crippen molar-refractivity contribution in [1.29, 1.82) is 0 Å². The lowest BCUT2D eigenvalue weighted by molar-refractivity contribution is -0.125. The molecule has 0 aromatic heterocycles. The summed E-state index contributed by atoms with van der Waals surface area (Å²) in [5.41, 5.74) is -0.0635. The van der Waals surface area contributed by atoms with Gasteiger partial charge in [-0.3, -0.25) is 4.79 Å². The Balaban J connectivity index is 2.04. The molecular formula is C17H22FNO3. The molecule has 0 aliphatic carbocycles. The summed E-state index contributed by atoms with van der Waals surface area (Å²) in [7, 11) is 0. The highest BCUT2D eigenvalue weighted by molar-refractivity contribution is 5.84. The first kappa shape index (κ1) is 16.5. The minimum atomic E-state index is -0.570. The van der Waals surface area contributed by atoms with Gasteiger partial charge >= 0.3 is 6.09 Å². The molecule has 1 heterocycles. The highest BCUT2D eigenvalue weighted by atomic mass is 19.1. The summed E-state index contributed by atoms with van der Waals surface area (Å²) in [5, 5.41) is 0. The molecule has 0 unspecified atom stereocenters. The highest BCUT2D eigenvalue weighted by Crippen LogP contribution is 2.21. The highest BCUT2D eigenvalue weighted by Gasteiger charge is 2.32. The molecule has 0 N–H and O–H groups in total. The Kier molecular flexibility index (Phi) is 4.84. The van der Waals surface area contributed by atoms with Crippen molar-refractivity contribution in [3.8, 4) is 0 Å². The van der Waals surface area contributed by atoms with Crippen molar-refractivity contribution < 1.29 is 18.7 Å². The van der Waals surface area contributed by atoms with Gasteiger partial charge in [-0.25, -0.2) is 9.18 Å². The minimum Gasteiger partial charge on any atom is -0.444 e. The van der Waals surface area contributed by atoms with Crippen LogP contribution in [0.15, 0.2) is 24.3 Å². The van der Waals surface area contributed by atoms with Crippen LogP contribution in [0, 0.1) is 11.7 Å². The van der Waals surface area contributed by atoms with E-state index in [-0.39, 0.29) is 24.1 Å². The monoisotopic (exact) mass is 307 g/mol. The number of carbonyl (C=O) groups is 2. The average molecular weight is 307 g/mol. The number of amides is 1. The molecule has 1 aliphatic rings. The maximum absolute atomic E-state index is 13.7. The van der Waals surface area contributed by atoms with E-state index in [2.05, 4.69) is 0 Å². The summed E-state index contributed by atoms with van der Waals surface area (Å²) in [4.78, 5) is 25.7. The molecule has 1 saturated heterocycles. The topological polar surface area (TPSA) is 46.6 Å². The summed E-state index contributed by atoms with van der Waals surface area (Å²) < 4.78 is 19.1. The maximum atomic E-state index is 13.7. The molecule has 1 atom stereocenters. The first-order valence-electron chi connectivity index (χ1n) is 7.50. The molecule has 0 bridgehead atoms. The van der Waals surface area contributed by atoms with Crippen LogP contribution in [-0.2, 0) is 16.0 Å². The second kappa shape index (κ2) is 6.46. The summed E-state index contributed by atoms with van der Waals surface area (Å²) in [6.07, 6.45) is 0.182. The van der Waals surface area contributed by atoms with Gasteiger partial charge in [0, 0.05) is 25.4 Å². The van der Waals surface area contributed by atoms with Crippen molar-refractivity contribution in [2.75, 3.05) is 13.1 Å². The lowest BCUT2D eigenvalue weighted by Gasteiger charge is -2.33. The molecule has 4 nitrogen and oxygen atoms in total. The number of Topliss-reactive ketones (excluding diaryl/α,β-unsaturated/α-hetero) is 1. The molecule has 0 spiro atoms. The van der Waals surface area contributed by atoms with E-state index in [0.29, 0.717) is 24.9 Å². The van der Waals surface area contributed by atoms with Crippen LogP contribution in [-0.4, -0.2) is 35.5 Å². The Labute approximate surface area is 130 Å². The molecule has 1 aromatic carbocycles. The predicted molar refractivity (Wildman–Crippen MR) is 81.0 cm³/mol. The van der Waals surface area contributed by atoms with E-state index in [1.165, 1.54) is 11.0 Å². The van der Waals surface area contributed by atoms with E-state index in [1.54, 1.807) is 39.0 Å². The number of likely N-dealkylation sites (tertiary alicyclic amines) is 1. The fourth-order valence-electron chi connectivity index (χ4n) is 2.51. The SMILES string of the molecule is CC(C)(C)OC(=O)N1CCC(=O)[C@@H](Cc2ccccc2F)C1. The molecule has 5 heteroatoms. The Hall–Kier alpha value is -1.91. The maximum Gasteiger partial charge on any atom is 0.410 e. The van der Waals surface area contributed by atoms with E-state index in [1.807, 2.05) is 0 Å². The fourth-order valence-corrected chi connectivity index (χ4v) is 2.51. The van der Waals surface area contributed by atoms with Crippen LogP contribution < -0.4 is 0 Å². The number of benzene rings is 1. The van der Waals surface area contributed by atoms with Crippen molar-refractivity contribution in [3.05, 3.63) is 35.6 Å². The third kappa shape index (κ3) is 4.29. The number of carbonyl (C=O) groups excluding carboxylic acids is 2. The number of nitrogens with zero attached hydrogens (tertiary/aromatic N) is 1. The zero-order valence-corrected chi connectivity index (χ0v) is 13.3. The first-order chi connectivity index (χ1) is 10.3. The molecule has 1 amide bonds. The number of hydrogen-bond acceptors (Lipinski definition) is 3. The quantitative estimate of drug-likeness (QED) is 0.843. The van der Waals surface area contributed by atoms with Crippen LogP contribution in [0.3, 0.4) is 0 Å². The van der Waals surface area contributed by atoms with Crippen LogP contribution in [0.1, 0.15) is 32.8 Å². The number of hydrogen-bond donors (Lipinski definition) is 0.